The summed E-state index contributed by atoms with van der Waals surface area (Å²) >= 11 is 6.02. The lowest BCUT2D eigenvalue weighted by atomic mass is 9.99. The van der Waals surface area contributed by atoms with E-state index in [0.717, 1.165) is 50.9 Å². The van der Waals surface area contributed by atoms with Gasteiger partial charge in [-0.3, -0.25) is 9.98 Å². The maximum Gasteiger partial charge on any atom is 0.134 e. The first-order valence-electron chi connectivity index (χ1n) is 11.6. The van der Waals surface area contributed by atoms with Crippen molar-refractivity contribution < 1.29 is 0 Å². The zero-order chi connectivity index (χ0) is 25.7. The number of benzene rings is 3. The van der Waals surface area contributed by atoms with Crippen molar-refractivity contribution in [3.05, 3.63) is 132 Å². The highest BCUT2D eigenvalue weighted by Crippen LogP contribution is 2.30. The van der Waals surface area contributed by atoms with Gasteiger partial charge in [-0.25, -0.2) is 0 Å². The highest BCUT2D eigenvalue weighted by molar-refractivity contribution is 6.30. The van der Waals surface area contributed by atoms with Crippen LogP contribution < -0.4 is 9.80 Å². The first-order valence-corrected chi connectivity index (χ1v) is 12.0. The lowest BCUT2D eigenvalue weighted by Crippen LogP contribution is -2.28. The Morgan fingerprint density at radius 1 is 0.889 bits per heavy atom. The third-order valence-corrected chi connectivity index (χ3v) is 6.43. The van der Waals surface area contributed by atoms with Crippen LogP contribution in [-0.2, 0) is 0 Å². The van der Waals surface area contributed by atoms with Crippen LogP contribution in [0.3, 0.4) is 0 Å². The number of rotatable bonds is 7. The molecule has 4 aromatic rings. The Balaban J connectivity index is 1.57. The van der Waals surface area contributed by atoms with Gasteiger partial charge < -0.3 is 9.80 Å². The van der Waals surface area contributed by atoms with Gasteiger partial charge >= 0.3 is 0 Å². The number of aliphatic imine (C=N–C) groups is 1. The Morgan fingerprint density at radius 2 is 1.58 bits per heavy atom. The summed E-state index contributed by atoms with van der Waals surface area (Å²) in [5.74, 6) is 0.882. The van der Waals surface area contributed by atoms with Crippen molar-refractivity contribution in [2.75, 3.05) is 30.9 Å². The highest BCUT2D eigenvalue weighted by atomic mass is 35.5. The van der Waals surface area contributed by atoms with E-state index in [1.807, 2.05) is 88.0 Å². The standard InChI is InChI=1S/C31H29ClN4/c1-6-23-20-25(12-19-30(23)36(5)31(33-3)24-10-8-7-9-11-24)22(2)29-18-17-28(21-34-29)35(4)27-15-13-26(32)14-16-27/h6-21H,1-2H2,3-5H3. The van der Waals surface area contributed by atoms with Crippen LogP contribution in [0.25, 0.3) is 11.6 Å². The summed E-state index contributed by atoms with van der Waals surface area (Å²) < 4.78 is 0. The molecule has 0 aliphatic heterocycles. The van der Waals surface area contributed by atoms with Crippen LogP contribution in [0, 0.1) is 0 Å². The fourth-order valence-electron chi connectivity index (χ4n) is 4.11. The van der Waals surface area contributed by atoms with Crippen molar-refractivity contribution in [1.29, 1.82) is 0 Å². The lowest BCUT2D eigenvalue weighted by Gasteiger charge is -2.24. The van der Waals surface area contributed by atoms with Crippen LogP contribution in [-0.4, -0.2) is 32.0 Å². The molecule has 0 radical (unpaired) electrons. The molecular weight excluding hydrogens is 464 g/mol. The maximum atomic E-state index is 6.02. The second kappa shape index (κ2) is 11.1. The molecule has 36 heavy (non-hydrogen) atoms. The number of hydrogen-bond donors (Lipinski definition) is 0. The molecule has 0 saturated heterocycles. The monoisotopic (exact) mass is 492 g/mol. The minimum atomic E-state index is 0.714. The van der Waals surface area contributed by atoms with E-state index in [-0.39, 0.29) is 0 Å². The quantitative estimate of drug-likeness (QED) is 0.195. The summed E-state index contributed by atoms with van der Waals surface area (Å²) in [5, 5.41) is 0.714. The van der Waals surface area contributed by atoms with E-state index in [1.165, 1.54) is 0 Å². The summed E-state index contributed by atoms with van der Waals surface area (Å²) in [6.07, 6.45) is 3.72. The summed E-state index contributed by atoms with van der Waals surface area (Å²) in [6.45, 7) is 8.37. The van der Waals surface area contributed by atoms with Crippen LogP contribution in [0.2, 0.25) is 5.02 Å². The molecule has 4 nitrogen and oxygen atoms in total. The second-order valence-electron chi connectivity index (χ2n) is 8.37. The summed E-state index contributed by atoms with van der Waals surface area (Å²) in [4.78, 5) is 13.4. The van der Waals surface area contributed by atoms with Gasteiger partial charge in [0.2, 0.25) is 0 Å². The largest absolute Gasteiger partial charge is 0.343 e. The number of nitrogens with zero attached hydrogens (tertiary/aromatic N) is 4. The fourth-order valence-corrected chi connectivity index (χ4v) is 4.24. The fraction of sp³-hybridized carbons (Fsp3) is 0.0968. The van der Waals surface area contributed by atoms with E-state index < -0.39 is 0 Å². The summed E-state index contributed by atoms with van der Waals surface area (Å²) in [7, 11) is 5.83. The molecule has 5 heteroatoms. The van der Waals surface area contributed by atoms with E-state index in [0.29, 0.717) is 5.02 Å². The molecular formula is C31H29ClN4. The van der Waals surface area contributed by atoms with Gasteiger partial charge in [-0.15, -0.1) is 0 Å². The SMILES string of the molecule is C=Cc1cc(C(=C)c2ccc(N(C)c3ccc(Cl)cc3)cn2)ccc1N(C)C(=NC)c1ccccc1. The summed E-state index contributed by atoms with van der Waals surface area (Å²) in [6, 6.07) is 28.1. The molecule has 0 aliphatic rings. The van der Waals surface area contributed by atoms with Crippen LogP contribution in [0.4, 0.5) is 17.1 Å². The molecule has 1 heterocycles. The molecule has 0 spiro atoms. The average Bonchev–Trinajstić information content (AvgIpc) is 2.93. The van der Waals surface area contributed by atoms with Crippen LogP contribution in [0.1, 0.15) is 22.4 Å². The van der Waals surface area contributed by atoms with Crippen molar-refractivity contribution in [3.8, 4) is 0 Å². The van der Waals surface area contributed by atoms with Crippen molar-refractivity contribution in [2.24, 2.45) is 4.99 Å². The summed E-state index contributed by atoms with van der Waals surface area (Å²) in [5.41, 5.74) is 7.73. The number of hydrogen-bond acceptors (Lipinski definition) is 3. The number of amidine groups is 1. The molecule has 180 valence electrons. The molecule has 0 unspecified atom stereocenters. The van der Waals surface area contributed by atoms with Gasteiger partial charge in [0, 0.05) is 48.7 Å². The molecule has 0 aliphatic carbocycles. The van der Waals surface area contributed by atoms with Gasteiger partial charge in [0.1, 0.15) is 5.84 Å². The molecule has 0 bridgehead atoms. The highest BCUT2D eigenvalue weighted by Gasteiger charge is 2.15. The van der Waals surface area contributed by atoms with Crippen LogP contribution in [0.15, 0.2) is 109 Å². The van der Waals surface area contributed by atoms with E-state index in [4.69, 9.17) is 16.6 Å². The zero-order valence-electron chi connectivity index (χ0n) is 20.8. The van der Waals surface area contributed by atoms with Crippen molar-refractivity contribution in [2.45, 2.75) is 0 Å². The Kier molecular flexibility index (Phi) is 7.67. The number of anilines is 3. The van der Waals surface area contributed by atoms with Crippen molar-refractivity contribution >= 4 is 46.1 Å². The van der Waals surface area contributed by atoms with Crippen LogP contribution in [0.5, 0.6) is 0 Å². The van der Waals surface area contributed by atoms with Crippen molar-refractivity contribution in [1.82, 2.24) is 4.98 Å². The Morgan fingerprint density at radius 3 is 2.19 bits per heavy atom. The van der Waals surface area contributed by atoms with Gasteiger partial charge in [-0.05, 0) is 59.7 Å². The molecule has 0 amide bonds. The Labute approximate surface area is 218 Å². The van der Waals surface area contributed by atoms with Gasteiger partial charge in [-0.1, -0.05) is 67.2 Å². The van der Waals surface area contributed by atoms with E-state index in [9.17, 15) is 0 Å². The predicted octanol–water partition coefficient (Wildman–Crippen LogP) is 7.72. The molecule has 0 saturated carbocycles. The third-order valence-electron chi connectivity index (χ3n) is 6.18. The smallest absolute Gasteiger partial charge is 0.134 e. The lowest BCUT2D eigenvalue weighted by molar-refractivity contribution is 1.16. The predicted molar refractivity (Wildman–Crippen MR) is 156 cm³/mol. The molecule has 3 aromatic carbocycles. The molecule has 0 atom stereocenters. The van der Waals surface area contributed by atoms with Gasteiger partial charge in [0.25, 0.3) is 0 Å². The van der Waals surface area contributed by atoms with Gasteiger partial charge in [0.05, 0.1) is 17.6 Å². The minimum absolute atomic E-state index is 0.714. The first-order chi connectivity index (χ1) is 17.4. The van der Waals surface area contributed by atoms with Crippen molar-refractivity contribution in [3.63, 3.8) is 0 Å². The topological polar surface area (TPSA) is 31.7 Å². The average molecular weight is 493 g/mol. The van der Waals surface area contributed by atoms with Gasteiger partial charge in [-0.2, -0.15) is 0 Å². The number of aromatic nitrogens is 1. The molecule has 1 aromatic heterocycles. The van der Waals surface area contributed by atoms with E-state index in [2.05, 4.69) is 58.3 Å². The number of halogens is 1. The second-order valence-corrected chi connectivity index (χ2v) is 8.80. The first kappa shape index (κ1) is 25.0. The Bertz CT molecular complexity index is 1390. The van der Waals surface area contributed by atoms with E-state index in [1.54, 1.807) is 0 Å². The normalized spacial score (nSPS) is 11.2. The molecule has 0 N–H and O–H groups in total. The number of pyridine rings is 1. The molecule has 4 rings (SSSR count). The zero-order valence-corrected chi connectivity index (χ0v) is 21.6. The maximum absolute atomic E-state index is 6.02. The van der Waals surface area contributed by atoms with Gasteiger partial charge in [0.15, 0.2) is 0 Å². The molecule has 0 fully saturated rings. The van der Waals surface area contributed by atoms with E-state index >= 15 is 0 Å². The van der Waals surface area contributed by atoms with Crippen LogP contribution >= 0.6 is 11.6 Å². The third kappa shape index (κ3) is 5.24. The minimum Gasteiger partial charge on any atom is -0.343 e. The Hall–Kier alpha value is -4.15.